The number of aryl methyl sites for hydroxylation is 2. The molecule has 1 aliphatic heterocycles. The molecule has 0 unspecified atom stereocenters. The Kier molecular flexibility index (Phi) is 6.06. The van der Waals surface area contributed by atoms with Gasteiger partial charge < -0.3 is 15.5 Å². The van der Waals surface area contributed by atoms with Gasteiger partial charge in [0.05, 0.1) is 6.54 Å². The van der Waals surface area contributed by atoms with E-state index in [2.05, 4.69) is 20.5 Å². The van der Waals surface area contributed by atoms with Crippen LogP contribution in [0.5, 0.6) is 0 Å². The number of benzene rings is 1. The van der Waals surface area contributed by atoms with Crippen LogP contribution in [0.15, 0.2) is 36.5 Å². The van der Waals surface area contributed by atoms with Gasteiger partial charge in [0, 0.05) is 31.4 Å². The first-order valence-corrected chi connectivity index (χ1v) is 9.35. The first-order valence-electron chi connectivity index (χ1n) is 9.35. The van der Waals surface area contributed by atoms with Crippen molar-refractivity contribution < 1.29 is 9.59 Å². The van der Waals surface area contributed by atoms with Crippen LogP contribution >= 0.6 is 0 Å². The van der Waals surface area contributed by atoms with Gasteiger partial charge in [-0.15, -0.1) is 0 Å². The molecule has 1 aromatic carbocycles. The summed E-state index contributed by atoms with van der Waals surface area (Å²) in [7, 11) is 0. The summed E-state index contributed by atoms with van der Waals surface area (Å²) in [5, 5.41) is 5.51. The molecule has 27 heavy (non-hydrogen) atoms. The maximum Gasteiger partial charge on any atom is 0.251 e. The Morgan fingerprint density at radius 2 is 1.81 bits per heavy atom. The number of nitrogens with zero attached hydrogens (tertiary/aromatic N) is 2. The topological polar surface area (TPSA) is 74.3 Å². The molecule has 2 amide bonds. The van der Waals surface area contributed by atoms with Crippen molar-refractivity contribution in [2.75, 3.05) is 24.5 Å². The first kappa shape index (κ1) is 18.9. The van der Waals surface area contributed by atoms with Crippen LogP contribution in [0.1, 0.15) is 39.9 Å². The third-order valence-corrected chi connectivity index (χ3v) is 4.91. The lowest BCUT2D eigenvalue weighted by Crippen LogP contribution is -2.36. The van der Waals surface area contributed by atoms with Crippen molar-refractivity contribution in [1.82, 2.24) is 15.6 Å². The molecule has 1 aliphatic rings. The third kappa shape index (κ3) is 5.06. The fourth-order valence-corrected chi connectivity index (χ4v) is 3.10. The van der Waals surface area contributed by atoms with E-state index in [1.807, 2.05) is 38.1 Å². The number of hydrogen-bond acceptors (Lipinski definition) is 4. The van der Waals surface area contributed by atoms with Crippen molar-refractivity contribution in [3.05, 3.63) is 58.8 Å². The van der Waals surface area contributed by atoms with Gasteiger partial charge in [-0.3, -0.25) is 9.59 Å². The van der Waals surface area contributed by atoms with Gasteiger partial charge in [-0.2, -0.15) is 0 Å². The lowest BCUT2D eigenvalue weighted by atomic mass is 10.1. The van der Waals surface area contributed by atoms with Crippen molar-refractivity contribution >= 4 is 17.6 Å². The van der Waals surface area contributed by atoms with Crippen LogP contribution < -0.4 is 15.5 Å². The minimum absolute atomic E-state index is 0.0458. The largest absolute Gasteiger partial charge is 0.357 e. The Morgan fingerprint density at radius 3 is 2.56 bits per heavy atom. The van der Waals surface area contributed by atoms with Crippen molar-refractivity contribution in [3.8, 4) is 0 Å². The highest BCUT2D eigenvalue weighted by Gasteiger charge is 2.14. The Balaban J connectivity index is 1.47. The van der Waals surface area contributed by atoms with E-state index in [0.717, 1.165) is 35.6 Å². The second-order valence-corrected chi connectivity index (χ2v) is 6.97. The molecular weight excluding hydrogens is 340 g/mol. The molecule has 6 heteroatoms. The zero-order chi connectivity index (χ0) is 19.2. The summed E-state index contributed by atoms with van der Waals surface area (Å²) in [5.41, 5.74) is 3.75. The first-order chi connectivity index (χ1) is 13.0. The maximum atomic E-state index is 12.2. The number of pyridine rings is 1. The van der Waals surface area contributed by atoms with E-state index >= 15 is 0 Å². The molecule has 0 bridgehead atoms. The van der Waals surface area contributed by atoms with E-state index in [4.69, 9.17) is 0 Å². The quantitative estimate of drug-likeness (QED) is 0.823. The summed E-state index contributed by atoms with van der Waals surface area (Å²) in [5.74, 6) is 0.502. The third-order valence-electron chi connectivity index (χ3n) is 4.91. The highest BCUT2D eigenvalue weighted by Crippen LogP contribution is 2.18. The molecule has 0 radical (unpaired) electrons. The molecule has 0 atom stereocenters. The highest BCUT2D eigenvalue weighted by atomic mass is 16.2. The van der Waals surface area contributed by atoms with E-state index in [0.29, 0.717) is 12.1 Å². The number of carbonyl (C=O) groups is 2. The number of amides is 2. The van der Waals surface area contributed by atoms with E-state index in [1.54, 1.807) is 12.3 Å². The number of hydrogen-bond donors (Lipinski definition) is 2. The van der Waals surface area contributed by atoms with Crippen LogP contribution in [0, 0.1) is 13.8 Å². The predicted octanol–water partition coefficient (Wildman–Crippen LogP) is 2.34. The molecule has 6 nitrogen and oxygen atoms in total. The number of rotatable bonds is 6. The number of carbonyl (C=O) groups excluding carboxylic acids is 2. The van der Waals surface area contributed by atoms with Crippen molar-refractivity contribution in [1.29, 1.82) is 0 Å². The Labute approximate surface area is 160 Å². The average Bonchev–Trinajstić information content (AvgIpc) is 3.21. The van der Waals surface area contributed by atoms with Gasteiger partial charge in [-0.05, 0) is 67.6 Å². The molecule has 142 valence electrons. The molecule has 3 rings (SSSR count). The van der Waals surface area contributed by atoms with Crippen LogP contribution in [0.4, 0.5) is 5.82 Å². The monoisotopic (exact) mass is 366 g/mol. The Hall–Kier alpha value is -2.89. The fraction of sp³-hybridized carbons (Fsp3) is 0.381. The molecular formula is C21H26N4O2. The van der Waals surface area contributed by atoms with Crippen LogP contribution in [0.3, 0.4) is 0 Å². The number of anilines is 1. The van der Waals surface area contributed by atoms with Crippen molar-refractivity contribution in [3.63, 3.8) is 0 Å². The van der Waals surface area contributed by atoms with Gasteiger partial charge in [0.25, 0.3) is 5.91 Å². The summed E-state index contributed by atoms with van der Waals surface area (Å²) < 4.78 is 0. The average molecular weight is 366 g/mol. The van der Waals surface area contributed by atoms with E-state index in [9.17, 15) is 9.59 Å². The molecule has 2 aromatic rings. The summed E-state index contributed by atoms with van der Waals surface area (Å²) in [6.45, 7) is 6.40. The molecule has 0 spiro atoms. The lowest BCUT2D eigenvalue weighted by molar-refractivity contribution is -0.120. The fourth-order valence-electron chi connectivity index (χ4n) is 3.10. The van der Waals surface area contributed by atoms with Crippen LogP contribution in [0.25, 0.3) is 0 Å². The molecule has 2 heterocycles. The van der Waals surface area contributed by atoms with Crippen molar-refractivity contribution in [2.24, 2.45) is 0 Å². The van der Waals surface area contributed by atoms with Gasteiger partial charge in [-0.25, -0.2) is 4.98 Å². The molecule has 2 N–H and O–H groups in total. The molecule has 0 saturated carbocycles. The van der Waals surface area contributed by atoms with E-state index < -0.39 is 0 Å². The van der Waals surface area contributed by atoms with Crippen LogP contribution in [-0.2, 0) is 11.3 Å². The Bertz CT molecular complexity index is 829. The van der Waals surface area contributed by atoms with Gasteiger partial charge >= 0.3 is 0 Å². The Morgan fingerprint density at radius 1 is 1.04 bits per heavy atom. The summed E-state index contributed by atoms with van der Waals surface area (Å²) >= 11 is 0. The maximum absolute atomic E-state index is 12.2. The van der Waals surface area contributed by atoms with Crippen LogP contribution in [0.2, 0.25) is 0 Å². The minimum Gasteiger partial charge on any atom is -0.357 e. The molecule has 1 saturated heterocycles. The van der Waals surface area contributed by atoms with Gasteiger partial charge in [-0.1, -0.05) is 6.07 Å². The number of aromatic nitrogens is 1. The molecule has 1 fully saturated rings. The molecule has 0 aliphatic carbocycles. The van der Waals surface area contributed by atoms with Gasteiger partial charge in [0.15, 0.2) is 0 Å². The van der Waals surface area contributed by atoms with E-state index in [1.165, 1.54) is 12.8 Å². The summed E-state index contributed by atoms with van der Waals surface area (Å²) in [4.78, 5) is 30.9. The van der Waals surface area contributed by atoms with Crippen molar-refractivity contribution in [2.45, 2.75) is 33.2 Å². The second kappa shape index (κ2) is 8.66. The van der Waals surface area contributed by atoms with Gasteiger partial charge in [0.2, 0.25) is 5.91 Å². The highest BCUT2D eigenvalue weighted by molar-refractivity contribution is 5.96. The predicted molar refractivity (Wildman–Crippen MR) is 106 cm³/mol. The SMILES string of the molecule is Cc1ccc(C(=O)NCC(=O)NCc2ccnc(N3CCCC3)c2)cc1C. The zero-order valence-electron chi connectivity index (χ0n) is 15.9. The lowest BCUT2D eigenvalue weighted by Gasteiger charge is -2.17. The van der Waals surface area contributed by atoms with E-state index in [-0.39, 0.29) is 18.4 Å². The molecule has 1 aromatic heterocycles. The second-order valence-electron chi connectivity index (χ2n) is 6.97. The normalized spacial score (nSPS) is 13.5. The smallest absolute Gasteiger partial charge is 0.251 e. The van der Waals surface area contributed by atoms with Crippen LogP contribution in [-0.4, -0.2) is 36.4 Å². The summed E-state index contributed by atoms with van der Waals surface area (Å²) in [6, 6.07) is 9.42. The summed E-state index contributed by atoms with van der Waals surface area (Å²) in [6.07, 6.45) is 4.17. The minimum atomic E-state index is -0.242. The standard InChI is InChI=1S/C21H26N4O2/c1-15-5-6-18(11-16(15)2)21(27)24-14-20(26)23-13-17-7-8-22-19(12-17)25-9-3-4-10-25/h5-8,11-12H,3-4,9-10,13-14H2,1-2H3,(H,23,26)(H,24,27). The zero-order valence-corrected chi connectivity index (χ0v) is 15.9. The van der Waals surface area contributed by atoms with Gasteiger partial charge in [0.1, 0.15) is 5.82 Å². The number of nitrogens with one attached hydrogen (secondary N) is 2.